The molecule has 2 aliphatic heterocycles. The number of benzene rings is 2. The number of H-pyrrole nitrogens is 1. The quantitative estimate of drug-likeness (QED) is 0.294. The van der Waals surface area contributed by atoms with Crippen LogP contribution in [0.4, 0.5) is 0 Å². The van der Waals surface area contributed by atoms with E-state index < -0.39 is 11.6 Å². The molecule has 3 aliphatic rings. The highest BCUT2D eigenvalue weighted by Crippen LogP contribution is 2.39. The number of rotatable bonds is 11. The van der Waals surface area contributed by atoms with Gasteiger partial charge in [-0.05, 0) is 73.1 Å². The number of aliphatic carboxylic acids is 1. The van der Waals surface area contributed by atoms with E-state index in [1.165, 1.54) is 17.5 Å². The lowest BCUT2D eigenvalue weighted by molar-refractivity contribution is -0.145. The van der Waals surface area contributed by atoms with Gasteiger partial charge in [0, 0.05) is 44.2 Å². The molecule has 3 aromatic rings. The molecule has 9 nitrogen and oxygen atoms in total. The van der Waals surface area contributed by atoms with Crippen LogP contribution in [0.3, 0.4) is 0 Å². The van der Waals surface area contributed by atoms with Crippen LogP contribution in [-0.4, -0.2) is 91.0 Å². The number of hydrogen-bond acceptors (Lipinski definition) is 7. The smallest absolute Gasteiger partial charge is 0.321 e. The zero-order chi connectivity index (χ0) is 29.6. The normalized spacial score (nSPS) is 24.2. The second-order valence-corrected chi connectivity index (χ2v) is 13.2. The largest absolute Gasteiger partial charge is 0.480 e. The van der Waals surface area contributed by atoms with Gasteiger partial charge in [0.15, 0.2) is 0 Å². The van der Waals surface area contributed by atoms with Crippen LogP contribution in [0.2, 0.25) is 0 Å². The number of aryl methyl sites for hydroxylation is 1. The van der Waals surface area contributed by atoms with Crippen LogP contribution in [0, 0.1) is 11.8 Å². The number of carbonyl (C=O) groups is 1. The fourth-order valence-electron chi connectivity index (χ4n) is 7.96. The highest BCUT2D eigenvalue weighted by Gasteiger charge is 2.43. The number of aromatic amines is 1. The molecule has 2 saturated heterocycles. The molecule has 0 spiro atoms. The Morgan fingerprint density at radius 2 is 1.74 bits per heavy atom. The summed E-state index contributed by atoms with van der Waals surface area (Å²) in [5, 5.41) is 35.9. The van der Waals surface area contributed by atoms with Crippen LogP contribution in [0.25, 0.3) is 11.4 Å². The molecule has 3 fully saturated rings. The molecule has 9 heteroatoms. The van der Waals surface area contributed by atoms with Crippen molar-refractivity contribution < 1.29 is 15.0 Å². The number of aliphatic hydroxyl groups is 1. The van der Waals surface area contributed by atoms with Gasteiger partial charge in [-0.2, -0.15) is 5.21 Å². The van der Waals surface area contributed by atoms with E-state index in [-0.39, 0.29) is 12.0 Å². The van der Waals surface area contributed by atoms with Crippen molar-refractivity contribution >= 4 is 5.97 Å². The topological polar surface area (TPSA) is 118 Å². The second-order valence-electron chi connectivity index (χ2n) is 13.2. The zero-order valence-electron chi connectivity index (χ0n) is 25.2. The average molecular weight is 587 g/mol. The van der Waals surface area contributed by atoms with Crippen LogP contribution >= 0.6 is 0 Å². The molecule has 3 atom stereocenters. The summed E-state index contributed by atoms with van der Waals surface area (Å²) in [6, 6.07) is 18.6. The number of piperidine rings is 1. The van der Waals surface area contributed by atoms with Gasteiger partial charge in [0.05, 0.1) is 5.60 Å². The van der Waals surface area contributed by atoms with E-state index in [0.29, 0.717) is 17.7 Å². The number of hydrogen-bond donors (Lipinski definition) is 3. The van der Waals surface area contributed by atoms with Crippen LogP contribution in [0.15, 0.2) is 54.6 Å². The van der Waals surface area contributed by atoms with E-state index in [9.17, 15) is 15.0 Å². The number of likely N-dealkylation sites (tertiary alicyclic amines) is 2. The van der Waals surface area contributed by atoms with Crippen LogP contribution < -0.4 is 0 Å². The van der Waals surface area contributed by atoms with Gasteiger partial charge in [-0.15, -0.1) is 10.2 Å². The molecular weight excluding hydrogens is 540 g/mol. The van der Waals surface area contributed by atoms with E-state index >= 15 is 0 Å². The van der Waals surface area contributed by atoms with Crippen molar-refractivity contribution in [3.63, 3.8) is 0 Å². The second kappa shape index (κ2) is 13.7. The van der Waals surface area contributed by atoms with Crippen molar-refractivity contribution in [2.45, 2.75) is 81.8 Å². The molecular formula is C34H46N6O3. The SMILES string of the molecule is O=C(O)C(C1CCCCC1)N1CC(CN2CCC(O)(CCCc3ccc(-c4nn[nH]n4)cc3)CC2)C(c2ccccc2)C1. The first kappa shape index (κ1) is 29.9. The van der Waals surface area contributed by atoms with Gasteiger partial charge >= 0.3 is 5.97 Å². The molecule has 3 N–H and O–H groups in total. The first-order valence-corrected chi connectivity index (χ1v) is 16.3. The molecule has 1 aliphatic carbocycles. The van der Waals surface area contributed by atoms with Crippen LogP contribution in [0.1, 0.15) is 74.8 Å². The minimum atomic E-state index is -0.648. The number of aromatic nitrogens is 4. The molecule has 0 amide bonds. The number of nitrogens with one attached hydrogen (secondary N) is 1. The lowest BCUT2D eigenvalue weighted by atomic mass is 9.83. The maximum atomic E-state index is 12.5. The monoisotopic (exact) mass is 586 g/mol. The minimum absolute atomic E-state index is 0.259. The summed E-state index contributed by atoms with van der Waals surface area (Å²) in [4.78, 5) is 17.4. The molecule has 43 heavy (non-hydrogen) atoms. The lowest BCUT2D eigenvalue weighted by Gasteiger charge is -2.40. The Kier molecular flexibility index (Phi) is 9.50. The number of carboxylic acid groups (broad SMARTS) is 1. The Balaban J connectivity index is 1.03. The lowest BCUT2D eigenvalue weighted by Crippen LogP contribution is -2.47. The van der Waals surface area contributed by atoms with E-state index in [1.54, 1.807) is 0 Å². The highest BCUT2D eigenvalue weighted by molar-refractivity contribution is 5.74. The van der Waals surface area contributed by atoms with Crippen LogP contribution in [-0.2, 0) is 11.2 Å². The fourth-order valence-corrected chi connectivity index (χ4v) is 7.96. The van der Waals surface area contributed by atoms with Gasteiger partial charge in [-0.25, -0.2) is 0 Å². The summed E-state index contributed by atoms with van der Waals surface area (Å²) >= 11 is 0. The fraction of sp³-hybridized carbons (Fsp3) is 0.588. The maximum absolute atomic E-state index is 12.5. The van der Waals surface area contributed by atoms with Crippen molar-refractivity contribution in [3.05, 3.63) is 65.7 Å². The van der Waals surface area contributed by atoms with Crippen molar-refractivity contribution in [2.75, 3.05) is 32.7 Å². The summed E-state index contributed by atoms with van der Waals surface area (Å²) in [6.07, 6.45) is 9.86. The molecule has 0 bridgehead atoms. The Morgan fingerprint density at radius 3 is 2.42 bits per heavy atom. The summed E-state index contributed by atoms with van der Waals surface area (Å²) in [5.74, 6) is 0.924. The molecule has 1 saturated carbocycles. The number of carboxylic acids is 1. The van der Waals surface area contributed by atoms with Gasteiger partial charge in [0.25, 0.3) is 0 Å². The molecule has 3 heterocycles. The minimum Gasteiger partial charge on any atom is -0.480 e. The van der Waals surface area contributed by atoms with Crippen molar-refractivity contribution in [2.24, 2.45) is 11.8 Å². The first-order valence-electron chi connectivity index (χ1n) is 16.3. The third kappa shape index (κ3) is 7.33. The summed E-state index contributed by atoms with van der Waals surface area (Å²) in [7, 11) is 0. The number of tetrazole rings is 1. The van der Waals surface area contributed by atoms with E-state index in [1.807, 2.05) is 12.1 Å². The third-order valence-corrected chi connectivity index (χ3v) is 10.4. The van der Waals surface area contributed by atoms with E-state index in [4.69, 9.17) is 0 Å². The predicted molar refractivity (Wildman–Crippen MR) is 165 cm³/mol. The first-order chi connectivity index (χ1) is 21.0. The zero-order valence-corrected chi connectivity index (χ0v) is 25.2. The molecule has 2 aromatic carbocycles. The number of nitrogens with zero attached hydrogens (tertiary/aromatic N) is 5. The average Bonchev–Trinajstić information content (AvgIpc) is 3.71. The third-order valence-electron chi connectivity index (χ3n) is 10.4. The Hall–Kier alpha value is -3.14. The molecule has 3 unspecified atom stereocenters. The Bertz CT molecular complexity index is 1290. The summed E-state index contributed by atoms with van der Waals surface area (Å²) < 4.78 is 0. The van der Waals surface area contributed by atoms with Gasteiger partial charge in [0.1, 0.15) is 6.04 Å². The summed E-state index contributed by atoms with van der Waals surface area (Å²) in [5.41, 5.74) is 2.90. The van der Waals surface area contributed by atoms with Crippen molar-refractivity contribution in [1.29, 1.82) is 0 Å². The molecule has 0 radical (unpaired) electrons. The summed E-state index contributed by atoms with van der Waals surface area (Å²) in [6.45, 7) is 4.38. The van der Waals surface area contributed by atoms with Crippen LogP contribution in [0.5, 0.6) is 0 Å². The molecule has 1 aromatic heterocycles. The van der Waals surface area contributed by atoms with Gasteiger partial charge in [0.2, 0.25) is 5.82 Å². The Morgan fingerprint density at radius 1 is 1.00 bits per heavy atom. The Labute approximate surface area is 254 Å². The van der Waals surface area contributed by atoms with Gasteiger partial charge in [-0.1, -0.05) is 73.9 Å². The van der Waals surface area contributed by atoms with Crippen molar-refractivity contribution in [1.82, 2.24) is 30.4 Å². The van der Waals surface area contributed by atoms with Gasteiger partial charge in [-0.3, -0.25) is 9.69 Å². The van der Waals surface area contributed by atoms with Gasteiger partial charge < -0.3 is 15.1 Å². The maximum Gasteiger partial charge on any atom is 0.321 e. The van der Waals surface area contributed by atoms with E-state index in [0.717, 1.165) is 96.1 Å². The highest BCUT2D eigenvalue weighted by atomic mass is 16.4. The predicted octanol–water partition coefficient (Wildman–Crippen LogP) is 4.77. The standard InChI is InChI=1S/C34H46N6O3/c41-33(42)31(27-11-5-2-6-12-27)40-23-29(30(24-40)26-9-3-1-4-10-26)22-39-20-18-34(43,19-21-39)17-7-8-25-13-15-28(16-14-25)32-35-37-38-36-32/h1,3-4,9-10,13-16,27,29-31,43H,2,5-8,11-12,17-24H2,(H,41,42)(H,35,36,37,38). The molecule has 6 rings (SSSR count). The van der Waals surface area contributed by atoms with Crippen molar-refractivity contribution in [3.8, 4) is 11.4 Å². The molecule has 230 valence electrons. The van der Waals surface area contributed by atoms with E-state index in [2.05, 4.69) is 72.9 Å².